The summed E-state index contributed by atoms with van der Waals surface area (Å²) in [5, 5.41) is 4.76. The summed E-state index contributed by atoms with van der Waals surface area (Å²) in [5.41, 5.74) is 3.98. The molecule has 0 fully saturated rings. The second-order valence-corrected chi connectivity index (χ2v) is 7.32. The molecule has 4 aromatic rings. The molecule has 0 aliphatic rings. The smallest absolute Gasteiger partial charge is 0.228 e. The molecule has 0 spiro atoms. The van der Waals surface area contributed by atoms with Gasteiger partial charge in [-0.15, -0.1) is 0 Å². The molecule has 0 radical (unpaired) electrons. The summed E-state index contributed by atoms with van der Waals surface area (Å²) in [6.45, 7) is 0.717. The van der Waals surface area contributed by atoms with Gasteiger partial charge in [-0.25, -0.2) is 0 Å². The first-order chi connectivity index (χ1) is 14.1. The average molecular weight is 405 g/mol. The number of methoxy groups -OCH3 is 1. The Kier molecular flexibility index (Phi) is 5.54. The molecule has 0 saturated carbocycles. The third-order valence-corrected chi connectivity index (χ3v) is 5.09. The topological polar surface area (TPSA) is 43.3 Å². The number of nitrogens with zero attached hydrogens (tertiary/aromatic N) is 1. The van der Waals surface area contributed by atoms with Gasteiger partial charge < -0.3 is 14.6 Å². The van der Waals surface area contributed by atoms with Crippen LogP contribution >= 0.6 is 11.6 Å². The molecule has 146 valence electrons. The molecule has 29 heavy (non-hydrogen) atoms. The predicted octanol–water partition coefficient (Wildman–Crippen LogP) is 5.53. The number of para-hydroxylation sites is 1. The number of nitrogens with one attached hydrogen (secondary N) is 1. The van der Waals surface area contributed by atoms with E-state index in [0.29, 0.717) is 12.2 Å². The number of halogens is 1. The number of ether oxygens (including phenoxy) is 1. The van der Waals surface area contributed by atoms with Gasteiger partial charge in [-0.05, 0) is 41.5 Å². The maximum Gasteiger partial charge on any atom is 0.228 e. The zero-order chi connectivity index (χ0) is 20.2. The van der Waals surface area contributed by atoms with E-state index in [0.717, 1.165) is 39.3 Å². The van der Waals surface area contributed by atoms with E-state index in [1.54, 1.807) is 7.11 Å². The second kappa shape index (κ2) is 8.41. The van der Waals surface area contributed by atoms with Crippen molar-refractivity contribution in [2.75, 3.05) is 12.4 Å². The number of benzene rings is 3. The van der Waals surface area contributed by atoms with Gasteiger partial charge in [0, 0.05) is 40.4 Å². The van der Waals surface area contributed by atoms with Crippen molar-refractivity contribution in [3.63, 3.8) is 0 Å². The minimum atomic E-state index is -0.0624. The monoisotopic (exact) mass is 404 g/mol. The molecule has 0 saturated heterocycles. The van der Waals surface area contributed by atoms with Crippen LogP contribution in [0.15, 0.2) is 79.0 Å². The Morgan fingerprint density at radius 2 is 1.83 bits per heavy atom. The molecule has 4 rings (SSSR count). The first-order valence-electron chi connectivity index (χ1n) is 9.37. The predicted molar refractivity (Wildman–Crippen MR) is 118 cm³/mol. The van der Waals surface area contributed by atoms with Crippen molar-refractivity contribution in [3.8, 4) is 5.75 Å². The number of carbonyl (C=O) groups excluding carboxylic acids is 1. The molecule has 4 nitrogen and oxygen atoms in total. The molecule has 0 unspecified atom stereocenters. The molecular formula is C24H21ClN2O2. The summed E-state index contributed by atoms with van der Waals surface area (Å²) < 4.78 is 7.39. The van der Waals surface area contributed by atoms with Crippen LogP contribution < -0.4 is 10.1 Å². The van der Waals surface area contributed by atoms with E-state index in [2.05, 4.69) is 28.2 Å². The lowest BCUT2D eigenvalue weighted by molar-refractivity contribution is -0.115. The van der Waals surface area contributed by atoms with Gasteiger partial charge in [0.05, 0.1) is 13.5 Å². The maximum absolute atomic E-state index is 12.7. The van der Waals surface area contributed by atoms with Crippen molar-refractivity contribution in [1.82, 2.24) is 4.57 Å². The number of hydrogen-bond acceptors (Lipinski definition) is 2. The number of carbonyl (C=O) groups is 1. The van der Waals surface area contributed by atoms with Crippen LogP contribution in [0.4, 0.5) is 5.69 Å². The standard InChI is InChI=1S/C24H21ClN2O2/c1-29-21-6-4-5-20(14-21)26-24(28)13-18-16-27(23-8-3-2-7-22(18)23)15-17-9-11-19(25)12-10-17/h2-12,14,16H,13,15H2,1H3,(H,26,28). The Balaban J connectivity index is 1.57. The Morgan fingerprint density at radius 3 is 2.62 bits per heavy atom. The van der Waals surface area contributed by atoms with Crippen LogP contribution in [0.5, 0.6) is 5.75 Å². The fourth-order valence-electron chi connectivity index (χ4n) is 3.46. The molecule has 0 aliphatic heterocycles. The van der Waals surface area contributed by atoms with Crippen LogP contribution in [0, 0.1) is 0 Å². The first-order valence-corrected chi connectivity index (χ1v) is 9.75. The molecule has 3 aromatic carbocycles. The van der Waals surface area contributed by atoms with Crippen LogP contribution in [0.2, 0.25) is 5.02 Å². The molecule has 1 heterocycles. The van der Waals surface area contributed by atoms with Crippen LogP contribution in [0.25, 0.3) is 10.9 Å². The average Bonchev–Trinajstić information content (AvgIpc) is 3.07. The first kappa shape index (κ1) is 19.1. The van der Waals surface area contributed by atoms with Crippen molar-refractivity contribution < 1.29 is 9.53 Å². The van der Waals surface area contributed by atoms with Gasteiger partial charge >= 0.3 is 0 Å². The minimum absolute atomic E-state index is 0.0624. The molecule has 5 heteroatoms. The largest absolute Gasteiger partial charge is 0.497 e. The van der Waals surface area contributed by atoms with Gasteiger partial charge in [0.2, 0.25) is 5.91 Å². The minimum Gasteiger partial charge on any atom is -0.497 e. The number of amides is 1. The van der Waals surface area contributed by atoms with Crippen LogP contribution in [-0.4, -0.2) is 17.6 Å². The van der Waals surface area contributed by atoms with Gasteiger partial charge in [0.1, 0.15) is 5.75 Å². The third-order valence-electron chi connectivity index (χ3n) is 4.84. The van der Waals surface area contributed by atoms with Gasteiger partial charge in [-0.3, -0.25) is 4.79 Å². The Labute approximate surface area is 174 Å². The number of anilines is 1. The SMILES string of the molecule is COc1cccc(NC(=O)Cc2cn(Cc3ccc(Cl)cc3)c3ccccc23)c1. The number of rotatable bonds is 6. The van der Waals surface area contributed by atoms with E-state index in [1.807, 2.05) is 60.7 Å². The Hall–Kier alpha value is -3.24. The van der Waals surface area contributed by atoms with Gasteiger partial charge in [-0.2, -0.15) is 0 Å². The molecule has 1 N–H and O–H groups in total. The summed E-state index contributed by atoms with van der Waals surface area (Å²) in [7, 11) is 1.61. The Bertz CT molecular complexity index is 1150. The zero-order valence-electron chi connectivity index (χ0n) is 16.1. The highest BCUT2D eigenvalue weighted by molar-refractivity contribution is 6.30. The van der Waals surface area contributed by atoms with E-state index in [-0.39, 0.29) is 5.91 Å². The number of aromatic nitrogens is 1. The molecule has 1 aromatic heterocycles. The highest BCUT2D eigenvalue weighted by atomic mass is 35.5. The third kappa shape index (κ3) is 4.44. The fourth-order valence-corrected chi connectivity index (χ4v) is 3.59. The number of hydrogen-bond donors (Lipinski definition) is 1. The summed E-state index contributed by atoms with van der Waals surface area (Å²) in [5.74, 6) is 0.648. The lowest BCUT2D eigenvalue weighted by atomic mass is 10.1. The molecule has 0 aliphatic carbocycles. The van der Waals surface area contributed by atoms with E-state index in [4.69, 9.17) is 16.3 Å². The molecule has 0 bridgehead atoms. The molecule has 0 atom stereocenters. The normalized spacial score (nSPS) is 10.8. The lowest BCUT2D eigenvalue weighted by Crippen LogP contribution is -2.14. The summed E-state index contributed by atoms with van der Waals surface area (Å²) in [4.78, 5) is 12.7. The van der Waals surface area contributed by atoms with E-state index in [9.17, 15) is 4.79 Å². The summed E-state index contributed by atoms with van der Waals surface area (Å²) in [6, 6.07) is 23.3. The second-order valence-electron chi connectivity index (χ2n) is 6.88. The van der Waals surface area contributed by atoms with Crippen LogP contribution in [-0.2, 0) is 17.8 Å². The van der Waals surface area contributed by atoms with Gasteiger partial charge in [-0.1, -0.05) is 48.0 Å². The highest BCUT2D eigenvalue weighted by Gasteiger charge is 2.12. The highest BCUT2D eigenvalue weighted by Crippen LogP contribution is 2.24. The van der Waals surface area contributed by atoms with E-state index >= 15 is 0 Å². The molecular weight excluding hydrogens is 384 g/mol. The van der Waals surface area contributed by atoms with E-state index < -0.39 is 0 Å². The quantitative estimate of drug-likeness (QED) is 0.459. The van der Waals surface area contributed by atoms with Gasteiger partial charge in [0.15, 0.2) is 0 Å². The van der Waals surface area contributed by atoms with Gasteiger partial charge in [0.25, 0.3) is 0 Å². The Morgan fingerprint density at radius 1 is 1.03 bits per heavy atom. The zero-order valence-corrected chi connectivity index (χ0v) is 16.8. The number of fused-ring (bicyclic) bond motifs is 1. The van der Waals surface area contributed by atoms with Crippen molar-refractivity contribution in [3.05, 3.63) is 95.1 Å². The van der Waals surface area contributed by atoms with Crippen LogP contribution in [0.3, 0.4) is 0 Å². The van der Waals surface area contributed by atoms with Crippen molar-refractivity contribution >= 4 is 34.1 Å². The summed E-state index contributed by atoms with van der Waals surface area (Å²) in [6.07, 6.45) is 2.36. The fraction of sp³-hybridized carbons (Fsp3) is 0.125. The van der Waals surface area contributed by atoms with Crippen LogP contribution in [0.1, 0.15) is 11.1 Å². The van der Waals surface area contributed by atoms with Crippen molar-refractivity contribution in [1.29, 1.82) is 0 Å². The summed E-state index contributed by atoms with van der Waals surface area (Å²) >= 11 is 6.00. The van der Waals surface area contributed by atoms with Crippen molar-refractivity contribution in [2.45, 2.75) is 13.0 Å². The molecule has 1 amide bonds. The maximum atomic E-state index is 12.7. The lowest BCUT2D eigenvalue weighted by Gasteiger charge is -2.07. The van der Waals surface area contributed by atoms with Crippen molar-refractivity contribution in [2.24, 2.45) is 0 Å². The van der Waals surface area contributed by atoms with E-state index in [1.165, 1.54) is 0 Å².